The van der Waals surface area contributed by atoms with Crippen LogP contribution >= 0.6 is 0 Å². The molecule has 0 saturated heterocycles. The van der Waals surface area contributed by atoms with Crippen LogP contribution in [-0.4, -0.2) is 20.5 Å². The minimum Gasteiger partial charge on any atom is -0.476 e. The Morgan fingerprint density at radius 2 is 2.05 bits per heavy atom. The average molecular weight is 296 g/mol. The minimum atomic E-state index is -4.63. The standard InChI is InChI=1S/C13H7F3N2O3/c14-13(15,16)7-3-1-5-18-10(8-4-2-6-21-8)9(12(19)20)17-11(7)18/h1-6H,(H,19,20). The molecule has 3 aromatic heterocycles. The summed E-state index contributed by atoms with van der Waals surface area (Å²) in [7, 11) is 0. The van der Waals surface area contributed by atoms with E-state index in [1.165, 1.54) is 30.7 Å². The molecule has 0 fully saturated rings. The number of carbonyl (C=O) groups is 1. The first kappa shape index (κ1) is 13.2. The van der Waals surface area contributed by atoms with E-state index in [1.54, 1.807) is 0 Å². The first-order valence-corrected chi connectivity index (χ1v) is 5.75. The van der Waals surface area contributed by atoms with Gasteiger partial charge in [0.05, 0.1) is 11.8 Å². The van der Waals surface area contributed by atoms with Crippen molar-refractivity contribution in [2.24, 2.45) is 0 Å². The van der Waals surface area contributed by atoms with Gasteiger partial charge in [0.2, 0.25) is 0 Å². The van der Waals surface area contributed by atoms with Gasteiger partial charge in [0.25, 0.3) is 0 Å². The molecule has 5 nitrogen and oxygen atoms in total. The third kappa shape index (κ3) is 2.04. The van der Waals surface area contributed by atoms with Crippen LogP contribution < -0.4 is 0 Å². The highest BCUT2D eigenvalue weighted by Gasteiger charge is 2.35. The normalized spacial score (nSPS) is 12.0. The van der Waals surface area contributed by atoms with E-state index in [0.717, 1.165) is 10.5 Å². The van der Waals surface area contributed by atoms with Gasteiger partial charge in [0.15, 0.2) is 17.1 Å². The number of carboxylic acids is 1. The van der Waals surface area contributed by atoms with Gasteiger partial charge in [-0.2, -0.15) is 13.2 Å². The molecule has 0 aliphatic heterocycles. The van der Waals surface area contributed by atoms with Crippen molar-refractivity contribution in [3.05, 3.63) is 48.0 Å². The maximum absolute atomic E-state index is 13.0. The third-order valence-electron chi connectivity index (χ3n) is 2.91. The van der Waals surface area contributed by atoms with E-state index >= 15 is 0 Å². The number of carboxylic acid groups (broad SMARTS) is 1. The van der Waals surface area contributed by atoms with Crippen LogP contribution in [-0.2, 0) is 6.18 Å². The number of rotatable bonds is 2. The SMILES string of the molecule is O=C(O)c1nc2c(C(F)(F)F)cccn2c1-c1ccco1. The second kappa shape index (κ2) is 4.37. The molecule has 0 aliphatic carbocycles. The van der Waals surface area contributed by atoms with Gasteiger partial charge < -0.3 is 9.52 Å². The Kier molecular flexibility index (Phi) is 2.75. The molecule has 3 heterocycles. The number of nitrogens with zero attached hydrogens (tertiary/aromatic N) is 2. The molecule has 0 unspecified atom stereocenters. The van der Waals surface area contributed by atoms with Gasteiger partial charge in [-0.25, -0.2) is 9.78 Å². The molecule has 3 rings (SSSR count). The largest absolute Gasteiger partial charge is 0.476 e. The van der Waals surface area contributed by atoms with E-state index in [1.807, 2.05) is 0 Å². The Morgan fingerprint density at radius 3 is 2.62 bits per heavy atom. The van der Waals surface area contributed by atoms with Gasteiger partial charge in [0, 0.05) is 6.20 Å². The van der Waals surface area contributed by atoms with Crippen LogP contribution in [0.1, 0.15) is 16.1 Å². The summed E-state index contributed by atoms with van der Waals surface area (Å²) in [5.74, 6) is -1.31. The first-order valence-electron chi connectivity index (χ1n) is 5.75. The van der Waals surface area contributed by atoms with Gasteiger partial charge in [0.1, 0.15) is 5.69 Å². The number of alkyl halides is 3. The van der Waals surface area contributed by atoms with Crippen molar-refractivity contribution in [1.29, 1.82) is 0 Å². The van der Waals surface area contributed by atoms with Crippen molar-refractivity contribution in [1.82, 2.24) is 9.38 Å². The number of furan rings is 1. The highest BCUT2D eigenvalue weighted by molar-refractivity contribution is 5.94. The van der Waals surface area contributed by atoms with Gasteiger partial charge >= 0.3 is 12.1 Å². The molecular weight excluding hydrogens is 289 g/mol. The Hall–Kier alpha value is -2.77. The maximum Gasteiger partial charge on any atom is 0.419 e. The molecule has 0 aromatic carbocycles. The summed E-state index contributed by atoms with van der Waals surface area (Å²) in [5, 5.41) is 9.16. The average Bonchev–Trinajstić information content (AvgIpc) is 3.03. The topological polar surface area (TPSA) is 67.7 Å². The van der Waals surface area contributed by atoms with E-state index in [9.17, 15) is 18.0 Å². The van der Waals surface area contributed by atoms with Crippen LogP contribution in [0.15, 0.2) is 41.1 Å². The fourth-order valence-corrected chi connectivity index (χ4v) is 2.09. The summed E-state index contributed by atoms with van der Waals surface area (Å²) < 4.78 is 45.1. The highest BCUT2D eigenvalue weighted by Crippen LogP contribution is 2.35. The fraction of sp³-hybridized carbons (Fsp3) is 0.0769. The predicted octanol–water partition coefficient (Wildman–Crippen LogP) is 3.31. The lowest BCUT2D eigenvalue weighted by atomic mass is 10.2. The van der Waals surface area contributed by atoms with Gasteiger partial charge in [-0.1, -0.05) is 0 Å². The number of aromatic carboxylic acids is 1. The number of fused-ring (bicyclic) bond motifs is 1. The number of aromatic nitrogens is 2. The van der Waals surface area contributed by atoms with E-state index in [-0.39, 0.29) is 11.5 Å². The zero-order chi connectivity index (χ0) is 15.2. The molecule has 0 spiro atoms. The molecular formula is C13H7F3N2O3. The van der Waals surface area contributed by atoms with E-state index < -0.39 is 29.1 Å². The Labute approximate surface area is 115 Å². The Morgan fingerprint density at radius 1 is 1.29 bits per heavy atom. The molecule has 0 radical (unpaired) electrons. The first-order chi connectivity index (χ1) is 9.89. The predicted molar refractivity (Wildman–Crippen MR) is 64.9 cm³/mol. The van der Waals surface area contributed by atoms with Crippen molar-refractivity contribution in [2.75, 3.05) is 0 Å². The van der Waals surface area contributed by atoms with Crippen molar-refractivity contribution in [3.63, 3.8) is 0 Å². The molecule has 108 valence electrons. The monoisotopic (exact) mass is 296 g/mol. The van der Waals surface area contributed by atoms with Crippen molar-refractivity contribution < 1.29 is 27.5 Å². The van der Waals surface area contributed by atoms with E-state index in [0.29, 0.717) is 0 Å². The van der Waals surface area contributed by atoms with Gasteiger partial charge in [-0.3, -0.25) is 4.40 Å². The minimum absolute atomic E-state index is 0.0337. The van der Waals surface area contributed by atoms with Gasteiger partial charge in [-0.15, -0.1) is 0 Å². The maximum atomic E-state index is 13.0. The Balaban J connectivity index is 2.41. The van der Waals surface area contributed by atoms with Crippen molar-refractivity contribution in [3.8, 4) is 11.5 Å². The third-order valence-corrected chi connectivity index (χ3v) is 2.91. The second-order valence-electron chi connectivity index (χ2n) is 4.20. The summed E-state index contributed by atoms with van der Waals surface area (Å²) >= 11 is 0. The van der Waals surface area contributed by atoms with Crippen LogP contribution in [0.5, 0.6) is 0 Å². The molecule has 0 bridgehead atoms. The molecule has 0 atom stereocenters. The second-order valence-corrected chi connectivity index (χ2v) is 4.20. The molecule has 1 N–H and O–H groups in total. The molecule has 0 saturated carbocycles. The summed E-state index contributed by atoms with van der Waals surface area (Å²) in [4.78, 5) is 14.9. The lowest BCUT2D eigenvalue weighted by molar-refractivity contribution is -0.136. The fourth-order valence-electron chi connectivity index (χ4n) is 2.09. The molecule has 0 aliphatic rings. The summed E-state index contributed by atoms with van der Waals surface area (Å²) in [5.41, 5.74) is -2.02. The number of hydrogen-bond donors (Lipinski definition) is 1. The Bertz CT molecular complexity index is 819. The van der Waals surface area contributed by atoms with E-state index in [2.05, 4.69) is 4.98 Å². The number of hydrogen-bond acceptors (Lipinski definition) is 3. The van der Waals surface area contributed by atoms with Crippen LogP contribution in [0.3, 0.4) is 0 Å². The van der Waals surface area contributed by atoms with Crippen LogP contribution in [0.25, 0.3) is 17.1 Å². The molecule has 3 aromatic rings. The van der Waals surface area contributed by atoms with Crippen LogP contribution in [0.4, 0.5) is 13.2 Å². The van der Waals surface area contributed by atoms with Crippen molar-refractivity contribution >= 4 is 11.6 Å². The summed E-state index contributed by atoms with van der Waals surface area (Å²) in [6, 6.07) is 4.99. The summed E-state index contributed by atoms with van der Waals surface area (Å²) in [6.45, 7) is 0. The molecule has 8 heteroatoms. The summed E-state index contributed by atoms with van der Waals surface area (Å²) in [6.07, 6.45) is -2.03. The zero-order valence-corrected chi connectivity index (χ0v) is 10.3. The number of halogens is 3. The van der Waals surface area contributed by atoms with E-state index in [4.69, 9.17) is 9.52 Å². The molecule has 21 heavy (non-hydrogen) atoms. The number of imidazole rings is 1. The lowest BCUT2D eigenvalue weighted by Crippen LogP contribution is -2.07. The van der Waals surface area contributed by atoms with Gasteiger partial charge in [-0.05, 0) is 24.3 Å². The van der Waals surface area contributed by atoms with Crippen LogP contribution in [0, 0.1) is 0 Å². The smallest absolute Gasteiger partial charge is 0.419 e. The number of pyridine rings is 1. The lowest BCUT2D eigenvalue weighted by Gasteiger charge is -2.07. The zero-order valence-electron chi connectivity index (χ0n) is 10.3. The van der Waals surface area contributed by atoms with Crippen LogP contribution in [0.2, 0.25) is 0 Å². The highest BCUT2D eigenvalue weighted by atomic mass is 19.4. The quantitative estimate of drug-likeness (QED) is 0.787. The van der Waals surface area contributed by atoms with Crippen molar-refractivity contribution in [2.45, 2.75) is 6.18 Å². The molecule has 0 amide bonds.